The van der Waals surface area contributed by atoms with E-state index in [2.05, 4.69) is 33.8 Å². The van der Waals surface area contributed by atoms with Gasteiger partial charge in [-0.05, 0) is 37.1 Å². The van der Waals surface area contributed by atoms with Gasteiger partial charge < -0.3 is 20.1 Å². The molecule has 5 heteroatoms. The van der Waals surface area contributed by atoms with Gasteiger partial charge in [0.2, 0.25) is 0 Å². The first kappa shape index (κ1) is 18.6. The monoisotopic (exact) mass is 341 g/mol. The highest BCUT2D eigenvalue weighted by Gasteiger charge is 2.04. The lowest BCUT2D eigenvalue weighted by atomic mass is 10.1. The van der Waals surface area contributed by atoms with Crippen molar-refractivity contribution in [2.24, 2.45) is 4.99 Å². The van der Waals surface area contributed by atoms with Crippen molar-refractivity contribution in [1.29, 1.82) is 0 Å². The average Bonchev–Trinajstić information content (AvgIpc) is 2.66. The average molecular weight is 341 g/mol. The number of para-hydroxylation sites is 1. The van der Waals surface area contributed by atoms with E-state index in [9.17, 15) is 0 Å². The van der Waals surface area contributed by atoms with Gasteiger partial charge in [-0.25, -0.2) is 0 Å². The summed E-state index contributed by atoms with van der Waals surface area (Å²) in [5.74, 6) is 2.56. The number of hydrogen-bond acceptors (Lipinski definition) is 3. The fraction of sp³-hybridized carbons (Fsp3) is 0.350. The van der Waals surface area contributed by atoms with Gasteiger partial charge in [-0.15, -0.1) is 0 Å². The first-order chi connectivity index (χ1) is 12.3. The maximum absolute atomic E-state index is 5.65. The quantitative estimate of drug-likeness (QED) is 0.572. The molecule has 0 aliphatic rings. The van der Waals surface area contributed by atoms with Crippen molar-refractivity contribution in [3.63, 3.8) is 0 Å². The van der Waals surface area contributed by atoms with Crippen LogP contribution in [0.1, 0.15) is 18.1 Å². The molecule has 5 nitrogen and oxygen atoms in total. The van der Waals surface area contributed by atoms with Gasteiger partial charge >= 0.3 is 0 Å². The molecule has 0 atom stereocenters. The molecule has 0 aliphatic heterocycles. The molecule has 0 fully saturated rings. The molecule has 2 rings (SSSR count). The zero-order valence-electron chi connectivity index (χ0n) is 15.2. The summed E-state index contributed by atoms with van der Waals surface area (Å²) in [6.07, 6.45) is 0.896. The number of nitrogens with one attached hydrogen (secondary N) is 2. The Labute approximate surface area is 150 Å². The van der Waals surface area contributed by atoms with Crippen LogP contribution in [-0.4, -0.2) is 33.3 Å². The van der Waals surface area contributed by atoms with E-state index in [1.165, 1.54) is 5.56 Å². The van der Waals surface area contributed by atoms with Gasteiger partial charge in [-0.3, -0.25) is 4.99 Å². The predicted molar refractivity (Wildman–Crippen MR) is 103 cm³/mol. The lowest BCUT2D eigenvalue weighted by molar-refractivity contribution is 0.336. The summed E-state index contributed by atoms with van der Waals surface area (Å²) in [6.45, 7) is 4.10. The maximum atomic E-state index is 5.65. The standard InChI is InChI=1S/C20H27N3O2/c1-4-25-19-11-6-5-9-17(19)15-23-20(21-2)22-13-12-16-8-7-10-18(14-16)24-3/h5-11,14H,4,12-13,15H2,1-3H3,(H2,21,22,23). The lowest BCUT2D eigenvalue weighted by Gasteiger charge is -2.14. The second-order valence-corrected chi connectivity index (χ2v) is 5.49. The molecule has 2 N–H and O–H groups in total. The number of rotatable bonds is 8. The van der Waals surface area contributed by atoms with Crippen LogP contribution in [0.5, 0.6) is 11.5 Å². The van der Waals surface area contributed by atoms with Gasteiger partial charge in [-0.2, -0.15) is 0 Å². The summed E-state index contributed by atoms with van der Waals surface area (Å²) in [5, 5.41) is 6.66. The van der Waals surface area contributed by atoms with E-state index in [-0.39, 0.29) is 0 Å². The number of nitrogens with zero attached hydrogens (tertiary/aromatic N) is 1. The highest BCUT2D eigenvalue weighted by Crippen LogP contribution is 2.17. The van der Waals surface area contributed by atoms with Gasteiger partial charge in [-0.1, -0.05) is 30.3 Å². The number of hydrogen-bond donors (Lipinski definition) is 2. The Bertz CT molecular complexity index is 686. The van der Waals surface area contributed by atoms with E-state index in [1.807, 2.05) is 37.3 Å². The second-order valence-electron chi connectivity index (χ2n) is 5.49. The summed E-state index contributed by atoms with van der Waals surface area (Å²) in [7, 11) is 3.46. The highest BCUT2D eigenvalue weighted by atomic mass is 16.5. The highest BCUT2D eigenvalue weighted by molar-refractivity contribution is 5.79. The molecule has 0 unspecified atom stereocenters. The molecule has 0 aromatic heterocycles. The van der Waals surface area contributed by atoms with Crippen LogP contribution in [0.3, 0.4) is 0 Å². The van der Waals surface area contributed by atoms with E-state index in [4.69, 9.17) is 9.47 Å². The van der Waals surface area contributed by atoms with Gasteiger partial charge in [0, 0.05) is 25.7 Å². The van der Waals surface area contributed by atoms with Crippen molar-refractivity contribution in [2.45, 2.75) is 19.9 Å². The van der Waals surface area contributed by atoms with E-state index >= 15 is 0 Å². The van der Waals surface area contributed by atoms with Crippen LogP contribution < -0.4 is 20.1 Å². The third-order valence-electron chi connectivity index (χ3n) is 3.78. The van der Waals surface area contributed by atoms with Crippen molar-refractivity contribution in [3.8, 4) is 11.5 Å². The third-order valence-corrected chi connectivity index (χ3v) is 3.78. The Morgan fingerprint density at radius 3 is 2.68 bits per heavy atom. The van der Waals surface area contributed by atoms with Gasteiger partial charge in [0.1, 0.15) is 11.5 Å². The molecule has 0 bridgehead atoms. The zero-order chi connectivity index (χ0) is 17.9. The van der Waals surface area contributed by atoms with Crippen LogP contribution in [0.4, 0.5) is 0 Å². The number of ether oxygens (including phenoxy) is 2. The molecule has 0 saturated heterocycles. The van der Waals surface area contributed by atoms with Crippen LogP contribution in [0.25, 0.3) is 0 Å². The van der Waals surface area contributed by atoms with Crippen LogP contribution in [0.15, 0.2) is 53.5 Å². The van der Waals surface area contributed by atoms with E-state index < -0.39 is 0 Å². The number of aliphatic imine (C=N–C) groups is 1. The first-order valence-corrected chi connectivity index (χ1v) is 8.55. The molecule has 2 aromatic carbocycles. The predicted octanol–water partition coefficient (Wildman–Crippen LogP) is 3.00. The largest absolute Gasteiger partial charge is 0.497 e. The summed E-state index contributed by atoms with van der Waals surface area (Å²) in [4.78, 5) is 4.27. The zero-order valence-corrected chi connectivity index (χ0v) is 15.2. The smallest absolute Gasteiger partial charge is 0.191 e. The molecule has 0 radical (unpaired) electrons. The second kappa shape index (κ2) is 10.2. The van der Waals surface area contributed by atoms with E-state index in [1.54, 1.807) is 14.2 Å². The molecular formula is C20H27N3O2. The fourth-order valence-corrected chi connectivity index (χ4v) is 2.50. The number of methoxy groups -OCH3 is 1. The molecule has 0 spiro atoms. The van der Waals surface area contributed by atoms with Crippen molar-refractivity contribution < 1.29 is 9.47 Å². The molecule has 0 amide bonds. The van der Waals surface area contributed by atoms with Gasteiger partial charge in [0.05, 0.1) is 13.7 Å². The van der Waals surface area contributed by atoms with E-state index in [0.29, 0.717) is 13.2 Å². The van der Waals surface area contributed by atoms with Crippen molar-refractivity contribution in [3.05, 3.63) is 59.7 Å². The Morgan fingerprint density at radius 2 is 1.92 bits per heavy atom. The van der Waals surface area contributed by atoms with Crippen molar-refractivity contribution in [1.82, 2.24) is 10.6 Å². The molecule has 0 saturated carbocycles. The lowest BCUT2D eigenvalue weighted by Crippen LogP contribution is -2.37. The van der Waals surface area contributed by atoms with Gasteiger partial charge in [0.25, 0.3) is 0 Å². The first-order valence-electron chi connectivity index (χ1n) is 8.55. The van der Waals surface area contributed by atoms with Crippen LogP contribution in [-0.2, 0) is 13.0 Å². The van der Waals surface area contributed by atoms with Crippen molar-refractivity contribution >= 4 is 5.96 Å². The summed E-state index contributed by atoms with van der Waals surface area (Å²) in [6, 6.07) is 16.1. The minimum Gasteiger partial charge on any atom is -0.497 e. The van der Waals surface area contributed by atoms with E-state index in [0.717, 1.165) is 36.0 Å². The topological polar surface area (TPSA) is 54.9 Å². The van der Waals surface area contributed by atoms with Crippen LogP contribution in [0.2, 0.25) is 0 Å². The fourth-order valence-electron chi connectivity index (χ4n) is 2.50. The molecule has 25 heavy (non-hydrogen) atoms. The Balaban J connectivity index is 1.83. The van der Waals surface area contributed by atoms with Gasteiger partial charge in [0.15, 0.2) is 5.96 Å². The summed E-state index contributed by atoms with van der Waals surface area (Å²) >= 11 is 0. The van der Waals surface area contributed by atoms with Crippen molar-refractivity contribution in [2.75, 3.05) is 27.3 Å². The Morgan fingerprint density at radius 1 is 1.08 bits per heavy atom. The molecular weight excluding hydrogens is 314 g/mol. The molecule has 0 aliphatic carbocycles. The summed E-state index contributed by atoms with van der Waals surface area (Å²) < 4.78 is 10.9. The molecule has 0 heterocycles. The van der Waals surface area contributed by atoms with Crippen LogP contribution >= 0.6 is 0 Å². The summed E-state index contributed by atoms with van der Waals surface area (Å²) in [5.41, 5.74) is 2.34. The number of benzene rings is 2. The number of guanidine groups is 1. The molecule has 134 valence electrons. The Hall–Kier alpha value is -2.69. The van der Waals surface area contributed by atoms with Crippen LogP contribution in [0, 0.1) is 0 Å². The molecule has 2 aromatic rings. The SMILES string of the molecule is CCOc1ccccc1CNC(=NC)NCCc1cccc(OC)c1. The maximum Gasteiger partial charge on any atom is 0.191 e. The third kappa shape index (κ3) is 6.03. The minimum absolute atomic E-state index is 0.657. The minimum atomic E-state index is 0.657. The normalized spacial score (nSPS) is 11.1. The Kier molecular flexibility index (Phi) is 7.63.